The van der Waals surface area contributed by atoms with Crippen molar-refractivity contribution in [2.75, 3.05) is 18.6 Å². The molecule has 6 heteroatoms. The summed E-state index contributed by atoms with van der Waals surface area (Å²) in [5, 5.41) is 1.36. The van der Waals surface area contributed by atoms with Crippen molar-refractivity contribution in [1.29, 1.82) is 0 Å². The zero-order valence-corrected chi connectivity index (χ0v) is 23.8. The Kier molecular flexibility index (Phi) is 8.77. The van der Waals surface area contributed by atoms with E-state index in [1.165, 1.54) is 0 Å². The second kappa shape index (κ2) is 11.8. The summed E-state index contributed by atoms with van der Waals surface area (Å²) in [5.41, 5.74) is 1.78. The summed E-state index contributed by atoms with van der Waals surface area (Å²) in [5.74, 6) is 3.48. The van der Waals surface area contributed by atoms with Crippen LogP contribution in [-0.2, 0) is 9.09 Å². The van der Waals surface area contributed by atoms with Crippen LogP contribution >= 0.6 is 30.9 Å². The molecule has 1 aliphatic heterocycles. The van der Waals surface area contributed by atoms with Gasteiger partial charge >= 0.3 is 7.37 Å². The van der Waals surface area contributed by atoms with Gasteiger partial charge in [-0.15, -0.1) is 23.5 Å². The summed E-state index contributed by atoms with van der Waals surface area (Å²) in [7, 11) is -1.79. The second-order valence-corrected chi connectivity index (χ2v) is 14.4. The van der Waals surface area contributed by atoms with E-state index in [1.807, 2.05) is 78.9 Å². The van der Waals surface area contributed by atoms with Crippen molar-refractivity contribution in [2.24, 2.45) is 5.41 Å². The molecule has 1 fully saturated rings. The van der Waals surface area contributed by atoms with Gasteiger partial charge in [-0.2, -0.15) is 0 Å². The lowest BCUT2D eigenvalue weighted by molar-refractivity contribution is 0.414. The highest BCUT2D eigenvalue weighted by Gasteiger charge is 2.34. The quantitative estimate of drug-likeness (QED) is 0.225. The maximum absolute atomic E-state index is 15.0. The van der Waals surface area contributed by atoms with Crippen molar-refractivity contribution in [3.63, 3.8) is 0 Å². The van der Waals surface area contributed by atoms with E-state index in [1.54, 1.807) is 30.6 Å². The summed E-state index contributed by atoms with van der Waals surface area (Å²) in [6, 6.07) is 27.2. The number of hydrogen-bond donors (Lipinski definition) is 0. The van der Waals surface area contributed by atoms with Crippen LogP contribution in [0.2, 0.25) is 0 Å². The monoisotopic (exact) mass is 536 g/mol. The van der Waals surface area contributed by atoms with Gasteiger partial charge in [0.2, 0.25) is 0 Å². The van der Waals surface area contributed by atoms with E-state index in [0.717, 1.165) is 39.0 Å². The fourth-order valence-electron chi connectivity index (χ4n) is 3.89. The predicted octanol–water partition coefficient (Wildman–Crippen LogP) is 8.11. The van der Waals surface area contributed by atoms with Gasteiger partial charge in [0, 0.05) is 5.57 Å². The van der Waals surface area contributed by atoms with Crippen LogP contribution in [0.25, 0.3) is 5.57 Å². The van der Waals surface area contributed by atoms with Gasteiger partial charge in [-0.1, -0.05) is 75.4 Å². The molecule has 188 valence electrons. The highest BCUT2D eigenvalue weighted by Crippen LogP contribution is 2.53. The molecular formula is C30H33O3PS2. The first kappa shape index (κ1) is 26.7. The second-order valence-electron chi connectivity index (χ2n) is 9.64. The maximum atomic E-state index is 15.0. The summed E-state index contributed by atoms with van der Waals surface area (Å²) >= 11 is 3.57. The molecule has 0 atom stereocenters. The van der Waals surface area contributed by atoms with E-state index in [9.17, 15) is 4.57 Å². The topological polar surface area (TPSA) is 35.5 Å². The first-order valence-electron chi connectivity index (χ1n) is 12.1. The molecule has 0 unspecified atom stereocenters. The number of thioether (sulfide) groups is 2. The van der Waals surface area contributed by atoms with Crippen molar-refractivity contribution in [2.45, 2.75) is 27.2 Å². The van der Waals surface area contributed by atoms with E-state index >= 15 is 0 Å². The average Bonchev–Trinajstić information content (AvgIpc) is 2.91. The van der Waals surface area contributed by atoms with Gasteiger partial charge in [0.25, 0.3) is 0 Å². The van der Waals surface area contributed by atoms with Crippen LogP contribution in [0, 0.1) is 5.41 Å². The lowest BCUT2D eigenvalue weighted by Crippen LogP contribution is -2.19. The summed E-state index contributed by atoms with van der Waals surface area (Å²) < 4.78 is 28.5. The minimum absolute atomic E-state index is 0.138. The van der Waals surface area contributed by atoms with E-state index in [2.05, 4.69) is 32.9 Å². The van der Waals surface area contributed by atoms with Crippen molar-refractivity contribution >= 4 is 47.1 Å². The molecule has 36 heavy (non-hydrogen) atoms. The smallest absolute Gasteiger partial charge is 0.306 e. The van der Waals surface area contributed by atoms with Gasteiger partial charge in [0.05, 0.1) is 22.0 Å². The predicted molar refractivity (Wildman–Crippen MR) is 158 cm³/mol. The van der Waals surface area contributed by atoms with Gasteiger partial charge < -0.3 is 9.26 Å². The van der Waals surface area contributed by atoms with E-state index in [-0.39, 0.29) is 5.41 Å². The number of allylic oxidation sites excluding steroid dienone is 2. The Morgan fingerprint density at radius 3 is 1.97 bits per heavy atom. The highest BCUT2D eigenvalue weighted by atomic mass is 32.2. The molecule has 0 spiro atoms. The van der Waals surface area contributed by atoms with Crippen LogP contribution in [0.15, 0.2) is 101 Å². The Morgan fingerprint density at radius 1 is 0.861 bits per heavy atom. The minimum atomic E-state index is -3.46. The molecule has 0 N–H and O–H groups in total. The van der Waals surface area contributed by atoms with Crippen LogP contribution in [0.4, 0.5) is 0 Å². The molecular weight excluding hydrogens is 503 g/mol. The SMILES string of the molecule is COc1cccc(C(=CC(C)(C)C)C(OP(=O)(c2ccccc2)c2ccccc2)=C2SCCCS2)c1. The summed E-state index contributed by atoms with van der Waals surface area (Å²) in [6.07, 6.45) is 3.36. The molecule has 0 radical (unpaired) electrons. The highest BCUT2D eigenvalue weighted by molar-refractivity contribution is 8.22. The third-order valence-corrected chi connectivity index (χ3v) is 10.5. The van der Waals surface area contributed by atoms with Crippen molar-refractivity contribution in [1.82, 2.24) is 0 Å². The standard InChI is InChI=1S/C30H33O3PS2/c1-30(2,3)22-27(23-13-11-14-24(21-23)32-4)28(29-35-19-12-20-36-29)33-34(31,25-15-7-5-8-16-25)26-17-9-6-10-18-26/h5-11,13-18,21-22H,12,19-20H2,1-4H3. The molecule has 1 saturated heterocycles. The van der Waals surface area contributed by atoms with Crippen LogP contribution < -0.4 is 15.3 Å². The van der Waals surface area contributed by atoms with Gasteiger partial charge in [0.1, 0.15) is 5.75 Å². The Bertz CT molecular complexity index is 1230. The number of methoxy groups -OCH3 is 1. The average molecular weight is 537 g/mol. The van der Waals surface area contributed by atoms with Gasteiger partial charge in [-0.25, -0.2) is 0 Å². The van der Waals surface area contributed by atoms with Gasteiger partial charge in [-0.3, -0.25) is 4.57 Å². The minimum Gasteiger partial charge on any atom is -0.497 e. The zero-order valence-electron chi connectivity index (χ0n) is 21.3. The van der Waals surface area contributed by atoms with Crippen molar-refractivity contribution < 1.29 is 13.8 Å². The molecule has 0 amide bonds. The van der Waals surface area contributed by atoms with E-state index < -0.39 is 7.37 Å². The van der Waals surface area contributed by atoms with Crippen LogP contribution in [0.3, 0.4) is 0 Å². The number of ether oxygens (including phenoxy) is 1. The Morgan fingerprint density at radius 2 is 1.44 bits per heavy atom. The van der Waals surface area contributed by atoms with Crippen LogP contribution in [-0.4, -0.2) is 18.6 Å². The molecule has 0 saturated carbocycles. The van der Waals surface area contributed by atoms with E-state index in [0.29, 0.717) is 16.4 Å². The summed E-state index contributed by atoms with van der Waals surface area (Å²) in [6.45, 7) is 6.51. The first-order valence-corrected chi connectivity index (χ1v) is 15.7. The molecule has 1 aliphatic rings. The van der Waals surface area contributed by atoms with E-state index in [4.69, 9.17) is 9.26 Å². The largest absolute Gasteiger partial charge is 0.497 e. The molecule has 3 aromatic rings. The molecule has 3 nitrogen and oxygen atoms in total. The Balaban J connectivity index is 1.95. The maximum Gasteiger partial charge on any atom is 0.306 e. The molecule has 0 aromatic heterocycles. The molecule has 0 bridgehead atoms. The number of benzene rings is 3. The van der Waals surface area contributed by atoms with Crippen molar-refractivity contribution in [3.05, 3.63) is 107 Å². The van der Waals surface area contributed by atoms with Gasteiger partial charge in [-0.05, 0) is 65.3 Å². The third-order valence-electron chi connectivity index (χ3n) is 5.56. The molecule has 1 heterocycles. The van der Waals surface area contributed by atoms with Crippen molar-refractivity contribution in [3.8, 4) is 5.75 Å². The third kappa shape index (κ3) is 6.51. The normalized spacial score (nSPS) is 14.9. The van der Waals surface area contributed by atoms with Gasteiger partial charge in [0.15, 0.2) is 5.76 Å². The Hall–Kier alpha value is -2.33. The lowest BCUT2D eigenvalue weighted by Gasteiger charge is -2.28. The first-order chi connectivity index (χ1) is 17.3. The zero-order chi connectivity index (χ0) is 25.6. The number of hydrogen-bond acceptors (Lipinski definition) is 5. The van der Waals surface area contributed by atoms with Crippen LogP contribution in [0.1, 0.15) is 32.8 Å². The molecule has 3 aromatic carbocycles. The molecule has 0 aliphatic carbocycles. The molecule has 4 rings (SSSR count). The number of rotatable bonds is 7. The lowest BCUT2D eigenvalue weighted by atomic mass is 9.90. The fourth-order valence-corrected chi connectivity index (χ4v) is 8.63. The fraction of sp³-hybridized carbons (Fsp3) is 0.267. The Labute approximate surface area is 223 Å². The van der Waals surface area contributed by atoms with Crippen LogP contribution in [0.5, 0.6) is 5.75 Å². The summed E-state index contributed by atoms with van der Waals surface area (Å²) in [4.78, 5) is 0.